The van der Waals surface area contributed by atoms with Gasteiger partial charge in [-0.05, 0) is 57.3 Å². The van der Waals surface area contributed by atoms with Gasteiger partial charge in [0.1, 0.15) is 19.3 Å². The molecular formula is C86H164O17P2. The van der Waals surface area contributed by atoms with Crippen molar-refractivity contribution in [3.63, 3.8) is 0 Å². The third kappa shape index (κ3) is 79.4. The van der Waals surface area contributed by atoms with E-state index in [-0.39, 0.29) is 25.7 Å². The number of hydrogen-bond donors (Lipinski definition) is 3. The highest BCUT2D eigenvalue weighted by molar-refractivity contribution is 7.47. The summed E-state index contributed by atoms with van der Waals surface area (Å²) in [4.78, 5) is 73.2. The van der Waals surface area contributed by atoms with Gasteiger partial charge in [0.15, 0.2) is 12.2 Å². The number of allylic oxidation sites excluding steroid dienone is 4. The fourth-order valence-corrected chi connectivity index (χ4v) is 14.5. The van der Waals surface area contributed by atoms with Crippen LogP contribution in [0.1, 0.15) is 439 Å². The summed E-state index contributed by atoms with van der Waals surface area (Å²) in [7, 11) is -9.94. The maximum atomic E-state index is 13.1. The normalized spacial score (nSPS) is 13.9. The Balaban J connectivity index is 5.28. The van der Waals surface area contributed by atoms with Crippen LogP contribution in [0.4, 0.5) is 0 Å². The van der Waals surface area contributed by atoms with Crippen molar-refractivity contribution in [2.24, 2.45) is 5.92 Å². The minimum atomic E-state index is -4.97. The molecule has 105 heavy (non-hydrogen) atoms. The van der Waals surface area contributed by atoms with Gasteiger partial charge in [0.25, 0.3) is 0 Å². The summed E-state index contributed by atoms with van der Waals surface area (Å²) in [6.07, 6.45) is 74.4. The molecule has 0 aromatic heterocycles. The molecule has 0 spiro atoms. The van der Waals surface area contributed by atoms with Gasteiger partial charge in [-0.2, -0.15) is 0 Å². The molecule has 2 unspecified atom stereocenters. The van der Waals surface area contributed by atoms with Crippen molar-refractivity contribution in [1.29, 1.82) is 0 Å². The number of ether oxygens (including phenoxy) is 4. The fraction of sp³-hybridized carbons (Fsp3) is 0.907. The Kier molecular flexibility index (Phi) is 76.4. The molecule has 3 N–H and O–H groups in total. The summed E-state index contributed by atoms with van der Waals surface area (Å²) in [5, 5.41) is 10.7. The molecule has 0 aliphatic carbocycles. The molecule has 0 aliphatic rings. The quantitative estimate of drug-likeness (QED) is 0.0169. The molecule has 0 fully saturated rings. The average Bonchev–Trinajstić information content (AvgIpc) is 0.916. The summed E-state index contributed by atoms with van der Waals surface area (Å²) < 4.78 is 68.9. The number of esters is 4. The van der Waals surface area contributed by atoms with E-state index in [4.69, 9.17) is 37.0 Å². The van der Waals surface area contributed by atoms with E-state index < -0.39 is 97.5 Å². The molecule has 0 saturated heterocycles. The number of phosphoric acid groups is 2. The molecule has 620 valence electrons. The molecular weight excluding hydrogens is 1370 g/mol. The minimum Gasteiger partial charge on any atom is -0.462 e. The topological polar surface area (TPSA) is 237 Å². The summed E-state index contributed by atoms with van der Waals surface area (Å²) in [6, 6.07) is 0. The molecule has 0 bridgehead atoms. The molecule has 0 radical (unpaired) electrons. The van der Waals surface area contributed by atoms with Crippen LogP contribution >= 0.6 is 15.6 Å². The highest BCUT2D eigenvalue weighted by atomic mass is 31.2. The number of unbranched alkanes of at least 4 members (excludes halogenated alkanes) is 53. The zero-order chi connectivity index (χ0) is 76.9. The summed E-state index contributed by atoms with van der Waals surface area (Å²) in [5.74, 6) is -1.39. The van der Waals surface area contributed by atoms with E-state index in [0.717, 1.165) is 109 Å². The Morgan fingerprint density at radius 3 is 0.781 bits per heavy atom. The van der Waals surface area contributed by atoms with Crippen LogP contribution in [0.15, 0.2) is 24.3 Å². The second-order valence-electron chi connectivity index (χ2n) is 30.7. The van der Waals surface area contributed by atoms with Gasteiger partial charge in [0, 0.05) is 25.7 Å². The molecule has 0 aromatic carbocycles. The number of hydrogen-bond acceptors (Lipinski definition) is 15. The lowest BCUT2D eigenvalue weighted by Gasteiger charge is -2.21. The van der Waals surface area contributed by atoms with Crippen LogP contribution in [0, 0.1) is 5.92 Å². The Bertz CT molecular complexity index is 2090. The summed E-state index contributed by atoms with van der Waals surface area (Å²) in [6.45, 7) is 7.27. The molecule has 19 heteroatoms. The number of carbonyl (C=O) groups excluding carboxylic acids is 4. The monoisotopic (exact) mass is 1530 g/mol. The van der Waals surface area contributed by atoms with Crippen LogP contribution in [0.25, 0.3) is 0 Å². The lowest BCUT2D eigenvalue weighted by atomic mass is 10.0. The van der Waals surface area contributed by atoms with E-state index in [2.05, 4.69) is 58.9 Å². The van der Waals surface area contributed by atoms with E-state index in [1.54, 1.807) is 0 Å². The predicted octanol–water partition coefficient (Wildman–Crippen LogP) is 25.9. The first-order valence-corrected chi connectivity index (χ1v) is 46.9. The summed E-state index contributed by atoms with van der Waals surface area (Å²) >= 11 is 0. The molecule has 0 aromatic rings. The Morgan fingerprint density at radius 2 is 0.514 bits per heavy atom. The number of aliphatic hydroxyl groups is 1. The predicted molar refractivity (Wildman–Crippen MR) is 432 cm³/mol. The first-order valence-electron chi connectivity index (χ1n) is 44.0. The van der Waals surface area contributed by atoms with Crippen LogP contribution in [0.5, 0.6) is 0 Å². The number of carbonyl (C=O) groups is 4. The van der Waals surface area contributed by atoms with Crippen molar-refractivity contribution in [2.45, 2.75) is 457 Å². The van der Waals surface area contributed by atoms with Crippen molar-refractivity contribution in [3.8, 4) is 0 Å². The fourth-order valence-electron chi connectivity index (χ4n) is 12.9. The lowest BCUT2D eigenvalue weighted by molar-refractivity contribution is -0.161. The van der Waals surface area contributed by atoms with Gasteiger partial charge < -0.3 is 33.8 Å². The average molecular weight is 1530 g/mol. The van der Waals surface area contributed by atoms with Crippen molar-refractivity contribution in [3.05, 3.63) is 24.3 Å². The van der Waals surface area contributed by atoms with Crippen LogP contribution < -0.4 is 0 Å². The van der Waals surface area contributed by atoms with Crippen molar-refractivity contribution < 1.29 is 80.2 Å². The first-order chi connectivity index (χ1) is 51.0. The number of aliphatic hydroxyl groups excluding tert-OH is 1. The largest absolute Gasteiger partial charge is 0.472 e. The van der Waals surface area contributed by atoms with E-state index in [0.29, 0.717) is 25.7 Å². The van der Waals surface area contributed by atoms with Crippen LogP contribution in [-0.4, -0.2) is 96.7 Å². The number of phosphoric ester groups is 2. The zero-order valence-electron chi connectivity index (χ0n) is 68.4. The van der Waals surface area contributed by atoms with Crippen molar-refractivity contribution >= 4 is 39.5 Å². The van der Waals surface area contributed by atoms with Crippen molar-refractivity contribution in [2.75, 3.05) is 39.6 Å². The van der Waals surface area contributed by atoms with Gasteiger partial charge in [-0.3, -0.25) is 37.3 Å². The standard InChI is InChI=1S/C86H164O17P2/c1-6-9-12-15-18-21-24-27-30-32-34-35-37-40-43-46-51-57-62-67-72-86(91)102-81(75-96-83(88)69-64-59-54-49-44-41-39-36-33-31-28-25-22-19-16-13-10-7-2)77-100-104(92,93)98-73-80(87)74-99-105(94,95)101-78-82(76-97-84(89)70-65-60-55-52-47-48-53-58-63-68-79(4)5)103-85(90)71-66-61-56-50-45-42-38-29-26-23-20-17-14-11-8-3/h23,26,29,38,79-82,87H,6-22,24-25,27-28,30-37,39-78H2,1-5H3,(H,92,93)(H,94,95)/b26-23-,38-29-/t80-,81-,82-/m1/s1. The Hall–Kier alpha value is -2.46. The van der Waals surface area contributed by atoms with Gasteiger partial charge in [0.2, 0.25) is 0 Å². The van der Waals surface area contributed by atoms with Gasteiger partial charge in [-0.15, -0.1) is 0 Å². The molecule has 5 atom stereocenters. The highest BCUT2D eigenvalue weighted by Gasteiger charge is 2.30. The molecule has 17 nitrogen and oxygen atoms in total. The SMILES string of the molecule is CCCCCC/C=C\C=C/CCCCCCCC(=O)O[C@H](COC(=O)CCCCCCCCCCCC(C)C)COP(=O)(O)OC[C@H](O)COP(=O)(O)OC[C@@H](COC(=O)CCCCCCCCCCCCCCCCCCCC)OC(=O)CCCCCCCCCCCCCCCCCCCCCC. The summed E-state index contributed by atoms with van der Waals surface area (Å²) in [5.41, 5.74) is 0. The Labute approximate surface area is 643 Å². The first kappa shape index (κ1) is 103. The van der Waals surface area contributed by atoms with Gasteiger partial charge in [-0.25, -0.2) is 9.13 Å². The van der Waals surface area contributed by atoms with E-state index >= 15 is 0 Å². The molecule has 0 aliphatic heterocycles. The molecule has 0 saturated carbocycles. The molecule has 0 amide bonds. The minimum absolute atomic E-state index is 0.0852. The second kappa shape index (κ2) is 78.2. The second-order valence-corrected chi connectivity index (χ2v) is 33.6. The van der Waals surface area contributed by atoms with E-state index in [1.807, 2.05) is 0 Å². The highest BCUT2D eigenvalue weighted by Crippen LogP contribution is 2.45. The Morgan fingerprint density at radius 1 is 0.295 bits per heavy atom. The third-order valence-corrected chi connectivity index (χ3v) is 21.6. The lowest BCUT2D eigenvalue weighted by Crippen LogP contribution is -2.30. The van der Waals surface area contributed by atoms with E-state index in [9.17, 15) is 43.2 Å². The van der Waals surface area contributed by atoms with Gasteiger partial charge >= 0.3 is 39.5 Å². The maximum absolute atomic E-state index is 13.1. The molecule has 0 rings (SSSR count). The zero-order valence-corrected chi connectivity index (χ0v) is 70.1. The van der Waals surface area contributed by atoms with Crippen LogP contribution in [0.3, 0.4) is 0 Å². The van der Waals surface area contributed by atoms with Gasteiger partial charge in [-0.1, -0.05) is 386 Å². The van der Waals surface area contributed by atoms with Crippen LogP contribution in [-0.2, 0) is 65.4 Å². The maximum Gasteiger partial charge on any atom is 0.472 e. The van der Waals surface area contributed by atoms with Crippen LogP contribution in [0.2, 0.25) is 0 Å². The van der Waals surface area contributed by atoms with Gasteiger partial charge in [0.05, 0.1) is 26.4 Å². The van der Waals surface area contributed by atoms with Crippen molar-refractivity contribution in [1.82, 2.24) is 0 Å². The molecule has 0 heterocycles. The smallest absolute Gasteiger partial charge is 0.462 e. The third-order valence-electron chi connectivity index (χ3n) is 19.7. The number of rotatable bonds is 84. The van der Waals surface area contributed by atoms with E-state index in [1.165, 1.54) is 250 Å².